The van der Waals surface area contributed by atoms with E-state index in [-0.39, 0.29) is 0 Å². The Hall–Kier alpha value is -0.860. The van der Waals surface area contributed by atoms with Gasteiger partial charge in [0.15, 0.2) is 0 Å². The van der Waals surface area contributed by atoms with E-state index < -0.39 is 0 Å². The lowest BCUT2D eigenvalue weighted by atomic mass is 9.86. The number of aryl methyl sites for hydroxylation is 1. The summed E-state index contributed by atoms with van der Waals surface area (Å²) in [7, 11) is 0. The molecule has 116 valence electrons. The summed E-state index contributed by atoms with van der Waals surface area (Å²) >= 11 is 0. The monoisotopic (exact) mass is 286 g/mol. The van der Waals surface area contributed by atoms with Crippen LogP contribution in [-0.4, -0.2) is 42.0 Å². The van der Waals surface area contributed by atoms with Gasteiger partial charge >= 0.3 is 0 Å². The molecule has 1 aromatic rings. The minimum Gasteiger partial charge on any atom is -0.298 e. The highest BCUT2D eigenvalue weighted by atomic mass is 15.3. The van der Waals surface area contributed by atoms with Crippen molar-refractivity contribution in [3.8, 4) is 0 Å². The molecule has 0 amide bonds. The fourth-order valence-corrected chi connectivity index (χ4v) is 4.05. The highest BCUT2D eigenvalue weighted by Gasteiger charge is 2.27. The summed E-state index contributed by atoms with van der Waals surface area (Å²) in [6, 6.07) is 9.69. The first kappa shape index (κ1) is 15.1. The van der Waals surface area contributed by atoms with Gasteiger partial charge in [-0.3, -0.25) is 9.80 Å². The third-order valence-electron chi connectivity index (χ3n) is 5.49. The van der Waals surface area contributed by atoms with Gasteiger partial charge in [-0.1, -0.05) is 44.0 Å². The third kappa shape index (κ3) is 3.87. The second-order valence-electron chi connectivity index (χ2n) is 7.16. The minimum atomic E-state index is 0.870. The fourth-order valence-electron chi connectivity index (χ4n) is 4.05. The van der Waals surface area contributed by atoms with E-state index in [1.54, 1.807) is 0 Å². The molecule has 2 atom stereocenters. The number of hydrogen-bond acceptors (Lipinski definition) is 2. The summed E-state index contributed by atoms with van der Waals surface area (Å²) in [6.07, 6.45) is 5.75. The molecule has 3 rings (SSSR count). The lowest BCUT2D eigenvalue weighted by molar-refractivity contribution is 0.0658. The summed E-state index contributed by atoms with van der Waals surface area (Å²) < 4.78 is 0. The van der Waals surface area contributed by atoms with Crippen LogP contribution in [-0.2, 0) is 6.54 Å². The lowest BCUT2D eigenvalue weighted by Crippen LogP contribution is -2.50. The van der Waals surface area contributed by atoms with Crippen LogP contribution in [0.4, 0.5) is 0 Å². The van der Waals surface area contributed by atoms with Crippen LogP contribution in [0.15, 0.2) is 24.3 Å². The zero-order chi connectivity index (χ0) is 14.7. The van der Waals surface area contributed by atoms with Crippen molar-refractivity contribution in [1.29, 1.82) is 0 Å². The van der Waals surface area contributed by atoms with Crippen molar-refractivity contribution in [2.45, 2.75) is 52.1 Å². The Morgan fingerprint density at radius 2 is 1.81 bits per heavy atom. The highest BCUT2D eigenvalue weighted by Crippen LogP contribution is 2.28. The molecular weight excluding hydrogens is 256 g/mol. The van der Waals surface area contributed by atoms with Gasteiger partial charge in [-0.2, -0.15) is 0 Å². The Balaban J connectivity index is 1.50. The Bertz CT molecular complexity index is 449. The van der Waals surface area contributed by atoms with Gasteiger partial charge in [0.05, 0.1) is 0 Å². The summed E-state index contributed by atoms with van der Waals surface area (Å²) in [4.78, 5) is 5.40. The van der Waals surface area contributed by atoms with Crippen molar-refractivity contribution in [2.75, 3.05) is 26.2 Å². The molecule has 2 fully saturated rings. The quantitative estimate of drug-likeness (QED) is 0.836. The van der Waals surface area contributed by atoms with E-state index in [9.17, 15) is 0 Å². The maximum Gasteiger partial charge on any atom is 0.0237 e. The summed E-state index contributed by atoms with van der Waals surface area (Å²) in [6.45, 7) is 10.8. The average molecular weight is 286 g/mol. The Morgan fingerprint density at radius 1 is 1.05 bits per heavy atom. The molecule has 2 nitrogen and oxygen atoms in total. The molecule has 1 aliphatic heterocycles. The van der Waals surface area contributed by atoms with Crippen LogP contribution < -0.4 is 0 Å². The normalized spacial score (nSPS) is 28.7. The molecule has 1 aromatic carbocycles. The summed E-state index contributed by atoms with van der Waals surface area (Å²) in [5.41, 5.74) is 2.93. The molecule has 0 radical (unpaired) electrons. The zero-order valence-electron chi connectivity index (χ0n) is 13.7. The van der Waals surface area contributed by atoms with Gasteiger partial charge in [-0.15, -0.1) is 0 Å². The number of hydrogen-bond donors (Lipinski definition) is 0. The van der Waals surface area contributed by atoms with E-state index >= 15 is 0 Å². The van der Waals surface area contributed by atoms with Crippen LogP contribution in [0.25, 0.3) is 0 Å². The predicted octanol–water partition coefficient (Wildman–Crippen LogP) is 3.69. The van der Waals surface area contributed by atoms with E-state index in [1.165, 1.54) is 63.0 Å². The Labute approximate surface area is 130 Å². The summed E-state index contributed by atoms with van der Waals surface area (Å²) in [5.74, 6) is 0.939. The van der Waals surface area contributed by atoms with Crippen LogP contribution in [0, 0.1) is 12.8 Å². The standard InChI is InChI=1S/C19H30N2/c1-16-6-5-9-19(14-16)21-12-10-20(11-13-21)15-18-8-4-3-7-17(18)2/h3-4,7-8,16,19H,5-6,9-15H2,1-2H3/t16-,19-/m1/s1. The molecular formula is C19H30N2. The van der Waals surface area contributed by atoms with E-state index in [0.717, 1.165) is 18.5 Å². The van der Waals surface area contributed by atoms with E-state index in [2.05, 4.69) is 47.9 Å². The van der Waals surface area contributed by atoms with Crippen molar-refractivity contribution in [2.24, 2.45) is 5.92 Å². The number of rotatable bonds is 3. The highest BCUT2D eigenvalue weighted by molar-refractivity contribution is 5.25. The van der Waals surface area contributed by atoms with Crippen molar-refractivity contribution >= 4 is 0 Å². The fraction of sp³-hybridized carbons (Fsp3) is 0.684. The molecule has 2 aliphatic rings. The third-order valence-corrected chi connectivity index (χ3v) is 5.49. The smallest absolute Gasteiger partial charge is 0.0237 e. The molecule has 21 heavy (non-hydrogen) atoms. The van der Waals surface area contributed by atoms with Crippen molar-refractivity contribution < 1.29 is 0 Å². The van der Waals surface area contributed by atoms with Crippen molar-refractivity contribution in [3.63, 3.8) is 0 Å². The van der Waals surface area contributed by atoms with Crippen LogP contribution in [0.5, 0.6) is 0 Å². The molecule has 0 spiro atoms. The topological polar surface area (TPSA) is 6.48 Å². The molecule has 1 saturated carbocycles. The van der Waals surface area contributed by atoms with Gasteiger partial charge in [0.2, 0.25) is 0 Å². The number of benzene rings is 1. The van der Waals surface area contributed by atoms with E-state index in [4.69, 9.17) is 0 Å². The van der Waals surface area contributed by atoms with Gasteiger partial charge < -0.3 is 0 Å². The van der Waals surface area contributed by atoms with Gasteiger partial charge in [-0.05, 0) is 36.8 Å². The molecule has 1 saturated heterocycles. The number of piperazine rings is 1. The second kappa shape index (κ2) is 6.93. The Kier molecular flexibility index (Phi) is 4.97. The molecule has 1 heterocycles. The zero-order valence-corrected chi connectivity index (χ0v) is 13.7. The van der Waals surface area contributed by atoms with Gasteiger partial charge in [0.25, 0.3) is 0 Å². The van der Waals surface area contributed by atoms with Crippen LogP contribution >= 0.6 is 0 Å². The van der Waals surface area contributed by atoms with Crippen molar-refractivity contribution in [1.82, 2.24) is 9.80 Å². The first-order chi connectivity index (χ1) is 10.2. The van der Waals surface area contributed by atoms with E-state index in [1.807, 2.05) is 0 Å². The largest absolute Gasteiger partial charge is 0.298 e. The van der Waals surface area contributed by atoms with Crippen LogP contribution in [0.1, 0.15) is 43.7 Å². The van der Waals surface area contributed by atoms with Gasteiger partial charge in [0, 0.05) is 38.8 Å². The maximum absolute atomic E-state index is 2.77. The predicted molar refractivity (Wildman–Crippen MR) is 89.4 cm³/mol. The van der Waals surface area contributed by atoms with Crippen molar-refractivity contribution in [3.05, 3.63) is 35.4 Å². The minimum absolute atomic E-state index is 0.870. The lowest BCUT2D eigenvalue weighted by Gasteiger charge is -2.42. The number of nitrogens with zero attached hydrogens (tertiary/aromatic N) is 2. The first-order valence-electron chi connectivity index (χ1n) is 8.73. The van der Waals surface area contributed by atoms with Crippen LogP contribution in [0.3, 0.4) is 0 Å². The molecule has 0 N–H and O–H groups in total. The molecule has 1 aliphatic carbocycles. The Morgan fingerprint density at radius 3 is 2.52 bits per heavy atom. The molecule has 2 heteroatoms. The van der Waals surface area contributed by atoms with Crippen LogP contribution in [0.2, 0.25) is 0 Å². The molecule has 0 unspecified atom stereocenters. The summed E-state index contributed by atoms with van der Waals surface area (Å²) in [5, 5.41) is 0. The van der Waals surface area contributed by atoms with Gasteiger partial charge in [0.1, 0.15) is 0 Å². The first-order valence-corrected chi connectivity index (χ1v) is 8.73. The average Bonchev–Trinajstić information content (AvgIpc) is 2.50. The van der Waals surface area contributed by atoms with E-state index in [0.29, 0.717) is 0 Å². The molecule has 0 bridgehead atoms. The van der Waals surface area contributed by atoms with Gasteiger partial charge in [-0.25, -0.2) is 0 Å². The molecule has 0 aromatic heterocycles. The maximum atomic E-state index is 2.77. The second-order valence-corrected chi connectivity index (χ2v) is 7.16. The SMILES string of the molecule is Cc1ccccc1CN1CCN([C@@H]2CCC[C@@H](C)C2)CC1.